The average molecular weight is 179 g/mol. The van der Waals surface area contributed by atoms with Crippen LogP contribution in [0, 0.1) is 6.92 Å². The minimum absolute atomic E-state index is 0.0898. The first-order valence-corrected chi connectivity index (χ1v) is 4.50. The lowest BCUT2D eigenvalue weighted by molar-refractivity contribution is 0.210. The maximum Gasteiger partial charge on any atom is 0.0537 e. The van der Waals surface area contributed by atoms with Gasteiger partial charge in [0.1, 0.15) is 0 Å². The number of nitrogens with two attached hydrogens (primary N) is 1. The molecule has 0 aliphatic carbocycles. The minimum Gasteiger partial charge on any atom is -0.395 e. The molecule has 0 fully saturated rings. The molecule has 0 bridgehead atoms. The second kappa shape index (κ2) is 3.90. The van der Waals surface area contributed by atoms with E-state index in [0.717, 1.165) is 5.56 Å². The SMILES string of the molecule is Cc1ccc(C(C)(CN)CO)cc1. The summed E-state index contributed by atoms with van der Waals surface area (Å²) in [6.45, 7) is 4.57. The van der Waals surface area contributed by atoms with Crippen molar-refractivity contribution in [1.29, 1.82) is 0 Å². The van der Waals surface area contributed by atoms with Crippen molar-refractivity contribution in [3.8, 4) is 0 Å². The van der Waals surface area contributed by atoms with Crippen LogP contribution >= 0.6 is 0 Å². The second-order valence-corrected chi connectivity index (χ2v) is 3.79. The monoisotopic (exact) mass is 179 g/mol. The number of aliphatic hydroxyl groups is 1. The molecule has 1 rings (SSSR count). The van der Waals surface area contributed by atoms with Crippen LogP contribution in [0.15, 0.2) is 24.3 Å². The van der Waals surface area contributed by atoms with Crippen molar-refractivity contribution >= 4 is 0 Å². The number of hydrogen-bond acceptors (Lipinski definition) is 2. The molecule has 0 aromatic heterocycles. The van der Waals surface area contributed by atoms with Crippen LogP contribution in [-0.2, 0) is 5.41 Å². The predicted octanol–water partition coefficient (Wildman–Crippen LogP) is 1.20. The molecular formula is C11H17NO. The number of benzene rings is 1. The van der Waals surface area contributed by atoms with Gasteiger partial charge in [0.05, 0.1) is 6.61 Å². The molecule has 0 saturated heterocycles. The summed E-state index contributed by atoms with van der Waals surface area (Å²) in [7, 11) is 0. The van der Waals surface area contributed by atoms with Gasteiger partial charge < -0.3 is 10.8 Å². The molecule has 13 heavy (non-hydrogen) atoms. The van der Waals surface area contributed by atoms with Crippen LogP contribution in [0.25, 0.3) is 0 Å². The van der Waals surface area contributed by atoms with Gasteiger partial charge in [0, 0.05) is 12.0 Å². The topological polar surface area (TPSA) is 46.2 Å². The van der Waals surface area contributed by atoms with Gasteiger partial charge in [-0.25, -0.2) is 0 Å². The summed E-state index contributed by atoms with van der Waals surface area (Å²) in [6.07, 6.45) is 0. The standard InChI is InChI=1S/C11H17NO/c1-9-3-5-10(6-4-9)11(2,7-12)8-13/h3-6,13H,7-8,12H2,1-2H3. The summed E-state index contributed by atoms with van der Waals surface area (Å²) in [5, 5.41) is 9.23. The summed E-state index contributed by atoms with van der Waals surface area (Å²) in [5.74, 6) is 0. The van der Waals surface area contributed by atoms with Gasteiger partial charge in [0.15, 0.2) is 0 Å². The highest BCUT2D eigenvalue weighted by molar-refractivity contribution is 5.28. The maximum absolute atomic E-state index is 9.23. The van der Waals surface area contributed by atoms with E-state index in [0.29, 0.717) is 6.54 Å². The van der Waals surface area contributed by atoms with Gasteiger partial charge in [-0.3, -0.25) is 0 Å². The highest BCUT2D eigenvalue weighted by Gasteiger charge is 2.23. The number of rotatable bonds is 3. The molecule has 1 aromatic carbocycles. The van der Waals surface area contributed by atoms with E-state index in [9.17, 15) is 5.11 Å². The summed E-state index contributed by atoms with van der Waals surface area (Å²) >= 11 is 0. The van der Waals surface area contributed by atoms with Crippen LogP contribution in [0.4, 0.5) is 0 Å². The van der Waals surface area contributed by atoms with Crippen molar-refractivity contribution in [1.82, 2.24) is 0 Å². The number of aryl methyl sites for hydroxylation is 1. The van der Waals surface area contributed by atoms with E-state index in [1.807, 2.05) is 38.1 Å². The Morgan fingerprint density at radius 1 is 1.31 bits per heavy atom. The molecule has 0 radical (unpaired) electrons. The van der Waals surface area contributed by atoms with E-state index in [2.05, 4.69) is 0 Å². The zero-order valence-corrected chi connectivity index (χ0v) is 8.25. The molecule has 0 spiro atoms. The second-order valence-electron chi connectivity index (χ2n) is 3.79. The third-order valence-corrected chi connectivity index (χ3v) is 2.55. The third-order valence-electron chi connectivity index (χ3n) is 2.55. The van der Waals surface area contributed by atoms with Crippen LogP contribution in [-0.4, -0.2) is 18.3 Å². The van der Waals surface area contributed by atoms with E-state index in [1.165, 1.54) is 5.56 Å². The Morgan fingerprint density at radius 2 is 1.85 bits per heavy atom. The fraction of sp³-hybridized carbons (Fsp3) is 0.455. The fourth-order valence-corrected chi connectivity index (χ4v) is 1.23. The Bertz CT molecular complexity index is 262. The van der Waals surface area contributed by atoms with Gasteiger partial charge in [-0.1, -0.05) is 36.8 Å². The van der Waals surface area contributed by atoms with E-state index < -0.39 is 0 Å². The first kappa shape index (κ1) is 10.2. The Balaban J connectivity index is 2.99. The molecule has 0 heterocycles. The quantitative estimate of drug-likeness (QED) is 0.732. The first-order chi connectivity index (χ1) is 6.12. The van der Waals surface area contributed by atoms with Crippen molar-refractivity contribution in [2.24, 2.45) is 5.73 Å². The van der Waals surface area contributed by atoms with E-state index in [-0.39, 0.29) is 12.0 Å². The summed E-state index contributed by atoms with van der Waals surface area (Å²) in [4.78, 5) is 0. The van der Waals surface area contributed by atoms with Crippen LogP contribution < -0.4 is 5.73 Å². The van der Waals surface area contributed by atoms with Crippen molar-refractivity contribution < 1.29 is 5.11 Å². The van der Waals surface area contributed by atoms with Gasteiger partial charge in [-0.05, 0) is 12.5 Å². The van der Waals surface area contributed by atoms with Crippen molar-refractivity contribution in [2.45, 2.75) is 19.3 Å². The minimum atomic E-state index is -0.298. The molecule has 0 aliphatic heterocycles. The van der Waals surface area contributed by atoms with Crippen molar-refractivity contribution in [2.75, 3.05) is 13.2 Å². The van der Waals surface area contributed by atoms with Crippen LogP contribution in [0.5, 0.6) is 0 Å². The molecule has 1 unspecified atom stereocenters. The van der Waals surface area contributed by atoms with E-state index >= 15 is 0 Å². The molecule has 72 valence electrons. The lowest BCUT2D eigenvalue weighted by Crippen LogP contribution is -2.35. The Hall–Kier alpha value is -0.860. The number of hydrogen-bond donors (Lipinski definition) is 2. The Kier molecular flexibility index (Phi) is 3.07. The molecule has 0 saturated carbocycles. The average Bonchev–Trinajstić information content (AvgIpc) is 2.18. The largest absolute Gasteiger partial charge is 0.395 e. The van der Waals surface area contributed by atoms with Gasteiger partial charge in [0.2, 0.25) is 0 Å². The molecule has 0 aliphatic rings. The van der Waals surface area contributed by atoms with Gasteiger partial charge in [0.25, 0.3) is 0 Å². The Labute approximate surface area is 79.4 Å². The van der Waals surface area contributed by atoms with Crippen molar-refractivity contribution in [3.05, 3.63) is 35.4 Å². The molecule has 1 aromatic rings. The summed E-state index contributed by atoms with van der Waals surface area (Å²) in [5.41, 5.74) is 7.65. The van der Waals surface area contributed by atoms with E-state index in [4.69, 9.17) is 5.73 Å². The predicted molar refractivity (Wildman–Crippen MR) is 54.7 cm³/mol. The molecule has 0 amide bonds. The first-order valence-electron chi connectivity index (χ1n) is 4.50. The zero-order valence-electron chi connectivity index (χ0n) is 8.25. The zero-order chi connectivity index (χ0) is 9.90. The molecule has 2 nitrogen and oxygen atoms in total. The molecule has 2 heteroatoms. The van der Waals surface area contributed by atoms with Crippen LogP contribution in [0.1, 0.15) is 18.1 Å². The number of aliphatic hydroxyl groups excluding tert-OH is 1. The van der Waals surface area contributed by atoms with Crippen molar-refractivity contribution in [3.63, 3.8) is 0 Å². The van der Waals surface area contributed by atoms with E-state index in [1.54, 1.807) is 0 Å². The highest BCUT2D eigenvalue weighted by Crippen LogP contribution is 2.21. The third kappa shape index (κ3) is 2.08. The van der Waals surface area contributed by atoms with Gasteiger partial charge in [-0.2, -0.15) is 0 Å². The van der Waals surface area contributed by atoms with Crippen LogP contribution in [0.2, 0.25) is 0 Å². The molecule has 1 atom stereocenters. The molecular weight excluding hydrogens is 162 g/mol. The van der Waals surface area contributed by atoms with Gasteiger partial charge >= 0.3 is 0 Å². The smallest absolute Gasteiger partial charge is 0.0537 e. The lowest BCUT2D eigenvalue weighted by atomic mass is 9.83. The van der Waals surface area contributed by atoms with Gasteiger partial charge in [-0.15, -0.1) is 0 Å². The summed E-state index contributed by atoms with van der Waals surface area (Å²) in [6, 6.07) is 8.13. The molecule has 3 N–H and O–H groups in total. The fourth-order valence-electron chi connectivity index (χ4n) is 1.23. The lowest BCUT2D eigenvalue weighted by Gasteiger charge is -2.25. The maximum atomic E-state index is 9.23. The van der Waals surface area contributed by atoms with Crippen LogP contribution in [0.3, 0.4) is 0 Å². The normalized spacial score (nSPS) is 15.4. The summed E-state index contributed by atoms with van der Waals surface area (Å²) < 4.78 is 0. The highest BCUT2D eigenvalue weighted by atomic mass is 16.3. The Morgan fingerprint density at radius 3 is 2.23 bits per heavy atom.